The third kappa shape index (κ3) is 3.23. The van der Waals surface area contributed by atoms with Crippen LogP contribution >= 0.6 is 12.4 Å². The highest BCUT2D eigenvalue weighted by Crippen LogP contribution is 2.34. The standard InChI is InChI=1S/C14H23N.ClH/c1-9-7-10(2)12(11(3)8-9)13(15)14(4,5)6;/h7-8,13H,15H2,1-6H3;1H/t13-;/m0./s1. The third-order valence-corrected chi connectivity index (χ3v) is 2.98. The van der Waals surface area contributed by atoms with E-state index in [1.54, 1.807) is 0 Å². The van der Waals surface area contributed by atoms with Gasteiger partial charge >= 0.3 is 0 Å². The van der Waals surface area contributed by atoms with Gasteiger partial charge in [0.2, 0.25) is 0 Å². The third-order valence-electron chi connectivity index (χ3n) is 2.98. The molecule has 1 nitrogen and oxygen atoms in total. The molecule has 0 aliphatic rings. The first-order valence-electron chi connectivity index (χ1n) is 5.57. The zero-order chi connectivity index (χ0) is 11.8. The van der Waals surface area contributed by atoms with E-state index in [0.29, 0.717) is 0 Å². The molecule has 1 aromatic rings. The van der Waals surface area contributed by atoms with E-state index in [-0.39, 0.29) is 23.9 Å². The van der Waals surface area contributed by atoms with E-state index >= 15 is 0 Å². The van der Waals surface area contributed by atoms with Crippen LogP contribution in [0.2, 0.25) is 0 Å². The summed E-state index contributed by atoms with van der Waals surface area (Å²) in [6, 6.07) is 4.54. The van der Waals surface area contributed by atoms with Gasteiger partial charge in [-0.1, -0.05) is 38.5 Å². The van der Waals surface area contributed by atoms with Crippen molar-refractivity contribution in [2.75, 3.05) is 0 Å². The van der Waals surface area contributed by atoms with Gasteiger partial charge in [0.25, 0.3) is 0 Å². The molecule has 0 amide bonds. The predicted octanol–water partition coefficient (Wildman–Crippen LogP) is 4.08. The van der Waals surface area contributed by atoms with E-state index in [1.165, 1.54) is 22.3 Å². The van der Waals surface area contributed by atoms with Crippen molar-refractivity contribution in [1.82, 2.24) is 0 Å². The maximum Gasteiger partial charge on any atom is 0.0349 e. The van der Waals surface area contributed by atoms with Gasteiger partial charge in [0.05, 0.1) is 0 Å². The molecule has 0 heterocycles. The Balaban J connectivity index is 0.00000225. The zero-order valence-electron chi connectivity index (χ0n) is 11.2. The molecule has 16 heavy (non-hydrogen) atoms. The van der Waals surface area contributed by atoms with Crippen LogP contribution in [0, 0.1) is 26.2 Å². The molecular formula is C14H24ClN. The Morgan fingerprint density at radius 1 is 1.00 bits per heavy atom. The van der Waals surface area contributed by atoms with Gasteiger partial charge in [-0.3, -0.25) is 0 Å². The minimum Gasteiger partial charge on any atom is -0.323 e. The van der Waals surface area contributed by atoms with Gasteiger partial charge in [-0.25, -0.2) is 0 Å². The van der Waals surface area contributed by atoms with Crippen LogP contribution in [0.3, 0.4) is 0 Å². The van der Waals surface area contributed by atoms with Crippen LogP contribution in [-0.4, -0.2) is 0 Å². The van der Waals surface area contributed by atoms with Crippen LogP contribution in [0.1, 0.15) is 49.1 Å². The molecule has 0 saturated heterocycles. The first kappa shape index (κ1) is 15.5. The van der Waals surface area contributed by atoms with Gasteiger partial charge in [0.1, 0.15) is 0 Å². The number of benzene rings is 1. The number of halogens is 1. The summed E-state index contributed by atoms with van der Waals surface area (Å²) in [4.78, 5) is 0. The molecule has 0 saturated carbocycles. The summed E-state index contributed by atoms with van der Waals surface area (Å²) < 4.78 is 0. The molecule has 2 heteroatoms. The highest BCUT2D eigenvalue weighted by Gasteiger charge is 2.24. The minimum atomic E-state index is 0. The second kappa shape index (κ2) is 5.20. The average molecular weight is 242 g/mol. The maximum atomic E-state index is 6.32. The molecule has 0 radical (unpaired) electrons. The summed E-state index contributed by atoms with van der Waals surface area (Å²) in [6.07, 6.45) is 0. The topological polar surface area (TPSA) is 26.0 Å². The van der Waals surface area contributed by atoms with Crippen molar-refractivity contribution in [1.29, 1.82) is 0 Å². The summed E-state index contributed by atoms with van der Waals surface area (Å²) in [6.45, 7) is 13.0. The van der Waals surface area contributed by atoms with Gasteiger partial charge in [-0.15, -0.1) is 12.4 Å². The molecular weight excluding hydrogens is 218 g/mol. The highest BCUT2D eigenvalue weighted by atomic mass is 35.5. The lowest BCUT2D eigenvalue weighted by molar-refractivity contribution is 0.325. The van der Waals surface area contributed by atoms with Crippen molar-refractivity contribution >= 4 is 12.4 Å². The summed E-state index contributed by atoms with van der Waals surface area (Å²) >= 11 is 0. The molecule has 92 valence electrons. The van der Waals surface area contributed by atoms with Gasteiger partial charge in [-0.05, 0) is 42.9 Å². The predicted molar refractivity (Wildman–Crippen MR) is 74.3 cm³/mol. The second-order valence-electron chi connectivity index (χ2n) is 5.66. The fraction of sp³-hybridized carbons (Fsp3) is 0.571. The van der Waals surface area contributed by atoms with E-state index in [0.717, 1.165) is 0 Å². The first-order chi connectivity index (χ1) is 6.73. The van der Waals surface area contributed by atoms with Crippen molar-refractivity contribution in [3.63, 3.8) is 0 Å². The smallest absolute Gasteiger partial charge is 0.0349 e. The van der Waals surface area contributed by atoms with Crippen LogP contribution in [0.5, 0.6) is 0 Å². The molecule has 1 aromatic carbocycles. The van der Waals surface area contributed by atoms with Crippen molar-refractivity contribution in [3.8, 4) is 0 Å². The molecule has 0 aliphatic carbocycles. The van der Waals surface area contributed by atoms with Crippen molar-refractivity contribution in [2.24, 2.45) is 11.1 Å². The van der Waals surface area contributed by atoms with Gasteiger partial charge < -0.3 is 5.73 Å². The summed E-state index contributed by atoms with van der Waals surface area (Å²) in [7, 11) is 0. The molecule has 0 spiro atoms. The Bertz CT molecular complexity index is 340. The van der Waals surface area contributed by atoms with E-state index < -0.39 is 0 Å². The Kier molecular flexibility index (Phi) is 5.03. The second-order valence-corrected chi connectivity index (χ2v) is 5.66. The molecule has 0 aromatic heterocycles. The fourth-order valence-corrected chi connectivity index (χ4v) is 2.11. The van der Waals surface area contributed by atoms with Gasteiger partial charge in [0, 0.05) is 6.04 Å². The van der Waals surface area contributed by atoms with E-state index in [4.69, 9.17) is 5.73 Å². The summed E-state index contributed by atoms with van der Waals surface area (Å²) in [5.41, 5.74) is 11.7. The summed E-state index contributed by atoms with van der Waals surface area (Å²) in [5, 5.41) is 0. The van der Waals surface area contributed by atoms with E-state index in [9.17, 15) is 0 Å². The molecule has 0 unspecified atom stereocenters. The molecule has 0 bridgehead atoms. The number of hydrogen-bond donors (Lipinski definition) is 1. The van der Waals surface area contributed by atoms with Gasteiger partial charge in [-0.2, -0.15) is 0 Å². The monoisotopic (exact) mass is 241 g/mol. The van der Waals surface area contributed by atoms with Gasteiger partial charge in [0.15, 0.2) is 0 Å². The lowest BCUT2D eigenvalue weighted by atomic mass is 9.79. The lowest BCUT2D eigenvalue weighted by Crippen LogP contribution is -2.27. The number of hydrogen-bond acceptors (Lipinski definition) is 1. The van der Waals surface area contributed by atoms with Crippen LogP contribution in [0.25, 0.3) is 0 Å². The Morgan fingerprint density at radius 3 is 1.69 bits per heavy atom. The summed E-state index contributed by atoms with van der Waals surface area (Å²) in [5.74, 6) is 0. The Labute approximate surface area is 106 Å². The normalized spacial score (nSPS) is 13.2. The van der Waals surface area contributed by atoms with Crippen LogP contribution in [-0.2, 0) is 0 Å². The Morgan fingerprint density at radius 2 is 1.38 bits per heavy atom. The van der Waals surface area contributed by atoms with Crippen LogP contribution in [0.15, 0.2) is 12.1 Å². The van der Waals surface area contributed by atoms with E-state index in [1.807, 2.05) is 0 Å². The molecule has 1 atom stereocenters. The highest BCUT2D eigenvalue weighted by molar-refractivity contribution is 5.85. The molecule has 0 fully saturated rings. The largest absolute Gasteiger partial charge is 0.323 e. The number of rotatable bonds is 1. The fourth-order valence-electron chi connectivity index (χ4n) is 2.11. The minimum absolute atomic E-state index is 0. The quantitative estimate of drug-likeness (QED) is 0.788. The van der Waals surface area contributed by atoms with Crippen LogP contribution < -0.4 is 5.73 Å². The molecule has 2 N–H and O–H groups in total. The average Bonchev–Trinajstić information content (AvgIpc) is 1.99. The van der Waals surface area contributed by atoms with Crippen molar-refractivity contribution in [3.05, 3.63) is 34.4 Å². The first-order valence-corrected chi connectivity index (χ1v) is 5.57. The maximum absolute atomic E-state index is 6.32. The van der Waals surface area contributed by atoms with Crippen LogP contribution in [0.4, 0.5) is 0 Å². The Hall–Kier alpha value is -0.530. The SMILES string of the molecule is Cc1cc(C)c([C@H](N)C(C)(C)C)c(C)c1.Cl. The van der Waals surface area contributed by atoms with Crippen molar-refractivity contribution in [2.45, 2.75) is 47.6 Å². The molecule has 0 aliphatic heterocycles. The van der Waals surface area contributed by atoms with E-state index in [2.05, 4.69) is 53.7 Å². The lowest BCUT2D eigenvalue weighted by Gasteiger charge is -2.30. The molecule has 1 rings (SSSR count). The van der Waals surface area contributed by atoms with Crippen molar-refractivity contribution < 1.29 is 0 Å². The number of nitrogens with two attached hydrogens (primary N) is 1. The number of aryl methyl sites for hydroxylation is 3. The zero-order valence-corrected chi connectivity index (χ0v) is 12.0.